The maximum absolute atomic E-state index is 12.2. The van der Waals surface area contributed by atoms with E-state index < -0.39 is 0 Å². The van der Waals surface area contributed by atoms with Crippen LogP contribution in [-0.2, 0) is 11.2 Å². The molecule has 0 atom stereocenters. The Balaban J connectivity index is 1.63. The van der Waals surface area contributed by atoms with Gasteiger partial charge in [0.25, 0.3) is 0 Å². The van der Waals surface area contributed by atoms with Gasteiger partial charge in [0.1, 0.15) is 5.82 Å². The summed E-state index contributed by atoms with van der Waals surface area (Å²) in [5, 5.41) is 6.22. The summed E-state index contributed by atoms with van der Waals surface area (Å²) in [6, 6.07) is 17.8. The van der Waals surface area contributed by atoms with Gasteiger partial charge in [-0.05, 0) is 61.2 Å². The number of nitrogens with zero attached hydrogens (tertiary/aromatic N) is 1. The van der Waals surface area contributed by atoms with E-state index in [1.807, 2.05) is 55.5 Å². The zero-order valence-electron chi connectivity index (χ0n) is 15.3. The van der Waals surface area contributed by atoms with E-state index in [4.69, 9.17) is 0 Å². The van der Waals surface area contributed by atoms with Crippen LogP contribution in [0.2, 0.25) is 0 Å². The van der Waals surface area contributed by atoms with Crippen molar-refractivity contribution < 1.29 is 4.79 Å². The van der Waals surface area contributed by atoms with Crippen LogP contribution in [0, 0.1) is 20.8 Å². The Hall–Kier alpha value is -3.14. The fraction of sp³-hybridized carbons (Fsp3) is 0.182. The summed E-state index contributed by atoms with van der Waals surface area (Å²) in [7, 11) is 0. The van der Waals surface area contributed by atoms with Crippen molar-refractivity contribution in [3.8, 4) is 0 Å². The first-order chi connectivity index (χ1) is 12.5. The molecule has 0 bridgehead atoms. The van der Waals surface area contributed by atoms with Crippen molar-refractivity contribution in [2.24, 2.45) is 0 Å². The lowest BCUT2D eigenvalue weighted by Crippen LogP contribution is -2.15. The molecule has 132 valence electrons. The number of rotatable bonds is 5. The Bertz CT molecular complexity index is 917. The Morgan fingerprint density at radius 2 is 1.69 bits per heavy atom. The van der Waals surface area contributed by atoms with Crippen LogP contribution in [0.3, 0.4) is 0 Å². The van der Waals surface area contributed by atoms with E-state index in [-0.39, 0.29) is 5.91 Å². The van der Waals surface area contributed by atoms with E-state index in [1.165, 1.54) is 11.1 Å². The van der Waals surface area contributed by atoms with E-state index in [0.29, 0.717) is 12.1 Å². The zero-order chi connectivity index (χ0) is 18.5. The van der Waals surface area contributed by atoms with Gasteiger partial charge in [0, 0.05) is 5.69 Å². The third-order valence-corrected chi connectivity index (χ3v) is 4.53. The van der Waals surface area contributed by atoms with Crippen molar-refractivity contribution in [1.82, 2.24) is 4.98 Å². The molecule has 26 heavy (non-hydrogen) atoms. The molecule has 0 unspecified atom stereocenters. The highest BCUT2D eigenvalue weighted by Gasteiger charge is 2.07. The fourth-order valence-electron chi connectivity index (χ4n) is 2.75. The molecule has 3 rings (SSSR count). The number of benzene rings is 2. The van der Waals surface area contributed by atoms with Crippen LogP contribution in [0.15, 0.2) is 60.8 Å². The first kappa shape index (κ1) is 17.7. The Kier molecular flexibility index (Phi) is 5.32. The maximum Gasteiger partial charge on any atom is 0.228 e. The predicted octanol–water partition coefficient (Wildman–Crippen LogP) is 4.93. The molecular formula is C22H23N3O. The van der Waals surface area contributed by atoms with E-state index >= 15 is 0 Å². The summed E-state index contributed by atoms with van der Waals surface area (Å²) in [6.07, 6.45) is 2.03. The van der Waals surface area contributed by atoms with E-state index in [9.17, 15) is 4.79 Å². The Morgan fingerprint density at radius 1 is 0.923 bits per heavy atom. The molecule has 0 aliphatic carbocycles. The minimum absolute atomic E-state index is 0.0451. The number of anilines is 3. The lowest BCUT2D eigenvalue weighted by molar-refractivity contribution is -0.115. The second-order valence-corrected chi connectivity index (χ2v) is 6.46. The van der Waals surface area contributed by atoms with Crippen molar-refractivity contribution in [3.05, 3.63) is 83.0 Å². The smallest absolute Gasteiger partial charge is 0.228 e. The number of amides is 1. The van der Waals surface area contributed by atoms with E-state index in [0.717, 1.165) is 22.6 Å². The monoisotopic (exact) mass is 345 g/mol. The van der Waals surface area contributed by atoms with Gasteiger partial charge in [0.05, 0.1) is 18.3 Å². The lowest BCUT2D eigenvalue weighted by atomic mass is 10.1. The maximum atomic E-state index is 12.2. The van der Waals surface area contributed by atoms with Crippen LogP contribution in [0.25, 0.3) is 0 Å². The van der Waals surface area contributed by atoms with Crippen LogP contribution >= 0.6 is 0 Å². The lowest BCUT2D eigenvalue weighted by Gasteiger charge is -2.11. The molecule has 0 spiro atoms. The number of aryl methyl sites for hydroxylation is 2. The summed E-state index contributed by atoms with van der Waals surface area (Å²) >= 11 is 0. The molecule has 0 fully saturated rings. The molecule has 0 saturated carbocycles. The fourth-order valence-corrected chi connectivity index (χ4v) is 2.75. The number of hydrogen-bond donors (Lipinski definition) is 2. The van der Waals surface area contributed by atoms with Crippen molar-refractivity contribution in [2.75, 3.05) is 10.6 Å². The van der Waals surface area contributed by atoms with Crippen LogP contribution in [0.5, 0.6) is 0 Å². The number of carbonyl (C=O) groups is 1. The van der Waals surface area contributed by atoms with Crippen molar-refractivity contribution in [1.29, 1.82) is 0 Å². The average Bonchev–Trinajstić information content (AvgIpc) is 2.62. The summed E-state index contributed by atoms with van der Waals surface area (Å²) in [5.41, 5.74) is 6.31. The first-order valence-electron chi connectivity index (χ1n) is 8.66. The van der Waals surface area contributed by atoms with Gasteiger partial charge in [0.2, 0.25) is 5.91 Å². The largest absolute Gasteiger partial charge is 0.340 e. The zero-order valence-corrected chi connectivity index (χ0v) is 15.3. The van der Waals surface area contributed by atoms with Crippen LogP contribution in [-0.4, -0.2) is 10.9 Å². The molecule has 1 heterocycles. The molecule has 3 aromatic rings. The van der Waals surface area contributed by atoms with Gasteiger partial charge in [-0.2, -0.15) is 0 Å². The van der Waals surface area contributed by atoms with Crippen molar-refractivity contribution >= 4 is 23.1 Å². The van der Waals surface area contributed by atoms with Crippen molar-refractivity contribution in [2.45, 2.75) is 27.2 Å². The third kappa shape index (κ3) is 4.28. The Morgan fingerprint density at radius 3 is 2.42 bits per heavy atom. The number of nitrogens with one attached hydrogen (secondary N) is 2. The second kappa shape index (κ2) is 7.83. The molecule has 1 amide bonds. The quantitative estimate of drug-likeness (QED) is 0.689. The molecule has 0 aliphatic rings. The molecule has 2 aromatic carbocycles. The minimum Gasteiger partial charge on any atom is -0.340 e. The standard InChI is InChI=1S/C22H23N3O/c1-15-8-6-10-20(17(15)3)25-21-12-11-19(14-23-21)24-22(26)13-18-9-5-4-7-16(18)2/h4-12,14H,13H2,1-3H3,(H,23,25)(H,24,26). The first-order valence-corrected chi connectivity index (χ1v) is 8.66. The molecular weight excluding hydrogens is 322 g/mol. The highest BCUT2D eigenvalue weighted by Crippen LogP contribution is 2.22. The predicted molar refractivity (Wildman–Crippen MR) is 107 cm³/mol. The number of hydrogen-bond acceptors (Lipinski definition) is 3. The van der Waals surface area contributed by atoms with Crippen LogP contribution in [0.1, 0.15) is 22.3 Å². The molecule has 0 radical (unpaired) electrons. The molecule has 0 saturated heterocycles. The van der Waals surface area contributed by atoms with Gasteiger partial charge in [-0.15, -0.1) is 0 Å². The molecule has 4 heteroatoms. The third-order valence-electron chi connectivity index (χ3n) is 4.53. The molecule has 1 aromatic heterocycles. The SMILES string of the molecule is Cc1ccccc1CC(=O)Nc1ccc(Nc2cccc(C)c2C)nc1. The van der Waals surface area contributed by atoms with Crippen molar-refractivity contribution in [3.63, 3.8) is 0 Å². The summed E-state index contributed by atoms with van der Waals surface area (Å²) < 4.78 is 0. The molecule has 0 aliphatic heterocycles. The summed E-state index contributed by atoms with van der Waals surface area (Å²) in [5.74, 6) is 0.701. The topological polar surface area (TPSA) is 54.0 Å². The number of carbonyl (C=O) groups excluding carboxylic acids is 1. The van der Waals surface area contributed by atoms with Crippen LogP contribution in [0.4, 0.5) is 17.2 Å². The summed E-state index contributed by atoms with van der Waals surface area (Å²) in [4.78, 5) is 16.6. The minimum atomic E-state index is -0.0451. The Labute approximate surface area is 154 Å². The number of pyridine rings is 1. The average molecular weight is 345 g/mol. The highest BCUT2D eigenvalue weighted by atomic mass is 16.1. The van der Waals surface area contributed by atoms with Gasteiger partial charge >= 0.3 is 0 Å². The van der Waals surface area contributed by atoms with Crippen LogP contribution < -0.4 is 10.6 Å². The second-order valence-electron chi connectivity index (χ2n) is 6.46. The van der Waals surface area contributed by atoms with Gasteiger partial charge in [0.15, 0.2) is 0 Å². The van der Waals surface area contributed by atoms with E-state index in [2.05, 4.69) is 35.5 Å². The normalized spacial score (nSPS) is 10.4. The van der Waals surface area contributed by atoms with Gasteiger partial charge in [-0.25, -0.2) is 4.98 Å². The van der Waals surface area contributed by atoms with E-state index in [1.54, 1.807) is 6.20 Å². The molecule has 4 nitrogen and oxygen atoms in total. The number of aromatic nitrogens is 1. The van der Waals surface area contributed by atoms with Gasteiger partial charge in [-0.3, -0.25) is 4.79 Å². The van der Waals surface area contributed by atoms with Gasteiger partial charge in [-0.1, -0.05) is 36.4 Å². The van der Waals surface area contributed by atoms with Gasteiger partial charge < -0.3 is 10.6 Å². The summed E-state index contributed by atoms with van der Waals surface area (Å²) in [6.45, 7) is 6.18. The highest BCUT2D eigenvalue weighted by molar-refractivity contribution is 5.92. The molecule has 2 N–H and O–H groups in total.